The van der Waals surface area contributed by atoms with Crippen LogP contribution in [-0.4, -0.2) is 22.5 Å². The topological polar surface area (TPSA) is 53.1 Å². The van der Waals surface area contributed by atoms with Crippen LogP contribution in [0.2, 0.25) is 0 Å². The summed E-state index contributed by atoms with van der Waals surface area (Å²) in [6, 6.07) is 0. The van der Waals surface area contributed by atoms with Crippen molar-refractivity contribution in [3.05, 3.63) is 11.8 Å². The fourth-order valence-corrected chi connectivity index (χ4v) is 2.02. The minimum Gasteiger partial charge on any atom is -0.382 e. The van der Waals surface area contributed by atoms with Gasteiger partial charge in [-0.05, 0) is 19.8 Å². The lowest BCUT2D eigenvalue weighted by molar-refractivity contribution is 0.0515. The fraction of sp³-hybridized carbons (Fsp3) is 0.727. The van der Waals surface area contributed by atoms with Crippen LogP contribution in [0.4, 0.5) is 5.82 Å². The van der Waals surface area contributed by atoms with Crippen molar-refractivity contribution in [1.29, 1.82) is 0 Å². The Kier molecular flexibility index (Phi) is 3.26. The molecule has 2 rings (SSSR count). The first-order valence-electron chi connectivity index (χ1n) is 5.67. The molecule has 1 aliphatic carbocycles. The maximum absolute atomic E-state index is 5.75. The van der Waals surface area contributed by atoms with E-state index in [2.05, 4.69) is 5.10 Å². The van der Waals surface area contributed by atoms with E-state index in [1.54, 1.807) is 0 Å². The van der Waals surface area contributed by atoms with Crippen molar-refractivity contribution in [3.8, 4) is 0 Å². The van der Waals surface area contributed by atoms with Crippen molar-refractivity contribution >= 4 is 5.82 Å². The van der Waals surface area contributed by atoms with E-state index in [1.807, 2.05) is 17.8 Å². The number of nitrogen functional groups attached to an aromatic ring is 1. The second kappa shape index (κ2) is 4.66. The molecule has 0 aromatic carbocycles. The molecule has 1 fully saturated rings. The van der Waals surface area contributed by atoms with Gasteiger partial charge in [-0.15, -0.1) is 0 Å². The summed E-state index contributed by atoms with van der Waals surface area (Å²) in [4.78, 5) is 0. The van der Waals surface area contributed by atoms with Crippen LogP contribution in [0.3, 0.4) is 0 Å². The zero-order chi connectivity index (χ0) is 10.7. The standard InChI is InChI=1S/C11H19N3O/c1-9-8-14(13-11(9)12)6-7-15-10-4-2-3-5-10/h8,10H,2-7H2,1H3,(H2,12,13). The number of nitrogens with two attached hydrogens (primary N) is 1. The van der Waals surface area contributed by atoms with Gasteiger partial charge >= 0.3 is 0 Å². The summed E-state index contributed by atoms with van der Waals surface area (Å²) in [7, 11) is 0. The highest BCUT2D eigenvalue weighted by molar-refractivity contribution is 5.35. The van der Waals surface area contributed by atoms with Crippen LogP contribution in [0.1, 0.15) is 31.2 Å². The first-order valence-corrected chi connectivity index (χ1v) is 5.67. The second-order valence-corrected chi connectivity index (χ2v) is 4.24. The molecule has 0 saturated heterocycles. The normalized spacial score (nSPS) is 17.4. The van der Waals surface area contributed by atoms with Gasteiger partial charge in [-0.2, -0.15) is 5.10 Å². The molecule has 4 nitrogen and oxygen atoms in total. The van der Waals surface area contributed by atoms with E-state index in [0.717, 1.165) is 18.7 Å². The van der Waals surface area contributed by atoms with Crippen molar-refractivity contribution in [1.82, 2.24) is 9.78 Å². The molecule has 1 aliphatic rings. The molecule has 2 N–H and O–H groups in total. The van der Waals surface area contributed by atoms with Gasteiger partial charge in [0.05, 0.1) is 19.3 Å². The van der Waals surface area contributed by atoms with Gasteiger partial charge in [0.15, 0.2) is 0 Å². The lowest BCUT2D eigenvalue weighted by atomic mass is 10.3. The van der Waals surface area contributed by atoms with Crippen molar-refractivity contribution < 1.29 is 4.74 Å². The number of anilines is 1. The summed E-state index contributed by atoms with van der Waals surface area (Å²) in [5, 5.41) is 4.19. The average Bonchev–Trinajstić information content (AvgIpc) is 2.79. The number of aromatic nitrogens is 2. The van der Waals surface area contributed by atoms with E-state index >= 15 is 0 Å². The van der Waals surface area contributed by atoms with Crippen LogP contribution < -0.4 is 5.73 Å². The summed E-state index contributed by atoms with van der Waals surface area (Å²) in [6.45, 7) is 3.51. The third kappa shape index (κ3) is 2.72. The Morgan fingerprint density at radius 1 is 1.53 bits per heavy atom. The molecule has 0 radical (unpaired) electrons. The Bertz CT molecular complexity index is 296. The largest absolute Gasteiger partial charge is 0.382 e. The van der Waals surface area contributed by atoms with Gasteiger partial charge in [0.1, 0.15) is 5.82 Å². The van der Waals surface area contributed by atoms with Crippen molar-refractivity contribution in [2.75, 3.05) is 12.3 Å². The van der Waals surface area contributed by atoms with Crippen molar-refractivity contribution in [2.24, 2.45) is 0 Å². The van der Waals surface area contributed by atoms with Crippen LogP contribution >= 0.6 is 0 Å². The molecular weight excluding hydrogens is 190 g/mol. The molecule has 1 aromatic rings. The highest BCUT2D eigenvalue weighted by atomic mass is 16.5. The number of nitrogens with zero attached hydrogens (tertiary/aromatic N) is 2. The summed E-state index contributed by atoms with van der Waals surface area (Å²) in [6.07, 6.45) is 7.53. The Hall–Kier alpha value is -1.03. The van der Waals surface area contributed by atoms with E-state index in [0.29, 0.717) is 11.9 Å². The lowest BCUT2D eigenvalue weighted by Crippen LogP contribution is -2.13. The molecule has 0 spiro atoms. The number of hydrogen-bond donors (Lipinski definition) is 1. The van der Waals surface area contributed by atoms with Crippen molar-refractivity contribution in [2.45, 2.75) is 45.3 Å². The van der Waals surface area contributed by atoms with Gasteiger partial charge in [0, 0.05) is 11.8 Å². The minimum absolute atomic E-state index is 0.485. The summed E-state index contributed by atoms with van der Waals surface area (Å²) < 4.78 is 7.62. The maximum atomic E-state index is 5.75. The second-order valence-electron chi connectivity index (χ2n) is 4.24. The van der Waals surface area contributed by atoms with E-state index in [1.165, 1.54) is 25.7 Å². The summed E-state index contributed by atoms with van der Waals surface area (Å²) in [5.74, 6) is 0.621. The molecule has 0 amide bonds. The Balaban J connectivity index is 1.73. The molecule has 4 heteroatoms. The van der Waals surface area contributed by atoms with Crippen LogP contribution in [0.25, 0.3) is 0 Å². The van der Waals surface area contributed by atoms with Gasteiger partial charge in [0.2, 0.25) is 0 Å². The molecule has 84 valence electrons. The molecule has 1 aromatic heterocycles. The van der Waals surface area contributed by atoms with Crippen LogP contribution in [0, 0.1) is 6.92 Å². The fourth-order valence-electron chi connectivity index (χ4n) is 2.02. The monoisotopic (exact) mass is 209 g/mol. The number of ether oxygens (including phenoxy) is 1. The SMILES string of the molecule is Cc1cn(CCOC2CCCC2)nc1N. The lowest BCUT2D eigenvalue weighted by Gasteiger charge is -2.10. The van der Waals surface area contributed by atoms with Crippen LogP contribution in [0.5, 0.6) is 0 Å². The number of hydrogen-bond acceptors (Lipinski definition) is 3. The zero-order valence-corrected chi connectivity index (χ0v) is 9.28. The highest BCUT2D eigenvalue weighted by Crippen LogP contribution is 2.20. The summed E-state index contributed by atoms with van der Waals surface area (Å²) in [5.41, 5.74) is 6.70. The molecule has 15 heavy (non-hydrogen) atoms. The highest BCUT2D eigenvalue weighted by Gasteiger charge is 2.14. The Morgan fingerprint density at radius 2 is 2.27 bits per heavy atom. The summed E-state index contributed by atoms with van der Waals surface area (Å²) >= 11 is 0. The quantitative estimate of drug-likeness (QED) is 0.821. The first kappa shape index (κ1) is 10.5. The smallest absolute Gasteiger partial charge is 0.148 e. The predicted molar refractivity (Wildman–Crippen MR) is 59.6 cm³/mol. The first-order chi connectivity index (χ1) is 7.25. The average molecular weight is 209 g/mol. The molecule has 0 unspecified atom stereocenters. The number of rotatable bonds is 4. The molecular formula is C11H19N3O. The third-order valence-corrected chi connectivity index (χ3v) is 2.96. The van der Waals surface area contributed by atoms with Gasteiger partial charge in [-0.25, -0.2) is 0 Å². The van der Waals surface area contributed by atoms with E-state index in [-0.39, 0.29) is 0 Å². The molecule has 1 saturated carbocycles. The zero-order valence-electron chi connectivity index (χ0n) is 9.28. The van der Waals surface area contributed by atoms with E-state index in [9.17, 15) is 0 Å². The van der Waals surface area contributed by atoms with Gasteiger partial charge in [-0.3, -0.25) is 4.68 Å². The maximum Gasteiger partial charge on any atom is 0.148 e. The molecule has 0 aliphatic heterocycles. The van der Waals surface area contributed by atoms with Crippen LogP contribution in [0.15, 0.2) is 6.20 Å². The molecule has 0 bridgehead atoms. The van der Waals surface area contributed by atoms with Gasteiger partial charge in [-0.1, -0.05) is 12.8 Å². The van der Waals surface area contributed by atoms with Crippen molar-refractivity contribution in [3.63, 3.8) is 0 Å². The minimum atomic E-state index is 0.485. The van der Waals surface area contributed by atoms with E-state index in [4.69, 9.17) is 10.5 Å². The van der Waals surface area contributed by atoms with Crippen LogP contribution in [-0.2, 0) is 11.3 Å². The Labute approximate surface area is 90.4 Å². The predicted octanol–water partition coefficient (Wildman–Crippen LogP) is 1.73. The van der Waals surface area contributed by atoms with Gasteiger partial charge in [0.25, 0.3) is 0 Å². The molecule has 0 atom stereocenters. The third-order valence-electron chi connectivity index (χ3n) is 2.96. The molecule has 1 heterocycles. The number of aryl methyl sites for hydroxylation is 1. The Morgan fingerprint density at radius 3 is 2.87 bits per heavy atom. The van der Waals surface area contributed by atoms with Gasteiger partial charge < -0.3 is 10.5 Å². The van der Waals surface area contributed by atoms with E-state index < -0.39 is 0 Å².